The van der Waals surface area contributed by atoms with E-state index in [1.54, 1.807) is 0 Å². The van der Waals surface area contributed by atoms with Crippen molar-refractivity contribution < 1.29 is 14.2 Å². The molecular formula is C24H32IN3O3. The van der Waals surface area contributed by atoms with Gasteiger partial charge in [0, 0.05) is 33.3 Å². The number of morpholine rings is 1. The zero-order valence-corrected chi connectivity index (χ0v) is 20.4. The highest BCUT2D eigenvalue weighted by molar-refractivity contribution is 14.0. The molecule has 0 aromatic heterocycles. The van der Waals surface area contributed by atoms with Crippen LogP contribution in [0.5, 0.6) is 5.75 Å². The molecule has 4 rings (SSSR count). The van der Waals surface area contributed by atoms with Crippen LogP contribution in [-0.4, -0.2) is 56.4 Å². The Hall–Kier alpha value is -1.84. The van der Waals surface area contributed by atoms with Crippen LogP contribution in [0.3, 0.4) is 0 Å². The normalized spacial score (nSPS) is 21.5. The van der Waals surface area contributed by atoms with Gasteiger partial charge in [-0.05, 0) is 36.1 Å². The van der Waals surface area contributed by atoms with Crippen molar-refractivity contribution in [3.05, 3.63) is 65.7 Å². The van der Waals surface area contributed by atoms with Crippen LogP contribution in [-0.2, 0) is 22.6 Å². The summed E-state index contributed by atoms with van der Waals surface area (Å²) in [5.74, 6) is 1.79. The van der Waals surface area contributed by atoms with Crippen molar-refractivity contribution in [3.8, 4) is 5.75 Å². The molecule has 2 aromatic rings. The van der Waals surface area contributed by atoms with E-state index < -0.39 is 0 Å². The first-order chi connectivity index (χ1) is 14.8. The number of nitrogens with zero attached hydrogens (tertiary/aromatic N) is 2. The Kier molecular flexibility index (Phi) is 9.42. The maximum atomic E-state index is 5.97. The number of hydrogen-bond acceptors (Lipinski definition) is 4. The number of nitrogens with one attached hydrogen (secondary N) is 1. The minimum Gasteiger partial charge on any atom is -0.489 e. The van der Waals surface area contributed by atoms with Gasteiger partial charge in [0.15, 0.2) is 5.96 Å². The fourth-order valence-corrected chi connectivity index (χ4v) is 4.01. The molecule has 2 aliphatic rings. The van der Waals surface area contributed by atoms with Crippen molar-refractivity contribution >= 4 is 29.9 Å². The molecule has 2 unspecified atom stereocenters. The summed E-state index contributed by atoms with van der Waals surface area (Å²) in [6.45, 7) is 4.48. The molecular weight excluding hydrogens is 505 g/mol. The van der Waals surface area contributed by atoms with E-state index in [1.165, 1.54) is 5.56 Å². The molecule has 0 aliphatic carbocycles. The first-order valence-corrected chi connectivity index (χ1v) is 10.8. The van der Waals surface area contributed by atoms with Crippen LogP contribution in [0.2, 0.25) is 0 Å². The van der Waals surface area contributed by atoms with Crippen molar-refractivity contribution in [2.45, 2.75) is 38.2 Å². The van der Waals surface area contributed by atoms with Crippen LogP contribution in [0.1, 0.15) is 24.0 Å². The monoisotopic (exact) mass is 537 g/mol. The maximum Gasteiger partial charge on any atom is 0.194 e. The Bertz CT molecular complexity index is 828. The molecule has 168 valence electrons. The summed E-state index contributed by atoms with van der Waals surface area (Å²) in [5, 5.41) is 3.51. The number of halogens is 1. The van der Waals surface area contributed by atoms with Gasteiger partial charge >= 0.3 is 0 Å². The Morgan fingerprint density at radius 1 is 1.06 bits per heavy atom. The molecule has 6 nitrogen and oxygen atoms in total. The van der Waals surface area contributed by atoms with Gasteiger partial charge in [-0.15, -0.1) is 24.0 Å². The van der Waals surface area contributed by atoms with Gasteiger partial charge in [-0.2, -0.15) is 0 Å². The lowest BCUT2D eigenvalue weighted by atomic mass is 10.1. The SMILES string of the molecule is CN=C(NCc1cccc(COc2ccccc2)c1)N1CCOC(C2CCCO2)C1.I. The number of para-hydroxylation sites is 1. The smallest absolute Gasteiger partial charge is 0.194 e. The van der Waals surface area contributed by atoms with Crippen molar-refractivity contribution in [1.82, 2.24) is 10.2 Å². The second kappa shape index (κ2) is 12.3. The second-order valence-corrected chi connectivity index (χ2v) is 7.73. The van der Waals surface area contributed by atoms with E-state index in [9.17, 15) is 0 Å². The molecule has 1 N–H and O–H groups in total. The third kappa shape index (κ3) is 6.82. The van der Waals surface area contributed by atoms with Gasteiger partial charge in [-0.25, -0.2) is 0 Å². The van der Waals surface area contributed by atoms with Gasteiger partial charge in [0.1, 0.15) is 18.5 Å². The maximum absolute atomic E-state index is 5.97. The molecule has 0 spiro atoms. The zero-order chi connectivity index (χ0) is 20.6. The summed E-state index contributed by atoms with van der Waals surface area (Å²) in [5.41, 5.74) is 2.35. The number of guanidine groups is 1. The molecule has 2 aromatic carbocycles. The molecule has 0 amide bonds. The molecule has 2 saturated heterocycles. The van der Waals surface area contributed by atoms with Crippen LogP contribution in [0.4, 0.5) is 0 Å². The van der Waals surface area contributed by atoms with Crippen LogP contribution in [0.25, 0.3) is 0 Å². The fourth-order valence-electron chi connectivity index (χ4n) is 4.01. The van der Waals surface area contributed by atoms with Crippen LogP contribution in [0, 0.1) is 0 Å². The molecule has 2 aliphatic heterocycles. The molecule has 31 heavy (non-hydrogen) atoms. The third-order valence-corrected chi connectivity index (χ3v) is 5.58. The predicted octanol–water partition coefficient (Wildman–Crippen LogP) is 3.84. The summed E-state index contributed by atoms with van der Waals surface area (Å²) >= 11 is 0. The zero-order valence-electron chi connectivity index (χ0n) is 18.0. The standard InChI is InChI=1S/C24H31N3O3.HI/c1-25-24(27-12-14-29-23(17-27)22-11-6-13-28-22)26-16-19-7-5-8-20(15-19)18-30-21-9-3-2-4-10-21;/h2-5,7-10,15,22-23H,6,11-14,16-18H2,1H3,(H,25,26);1H. The molecule has 7 heteroatoms. The molecule has 2 atom stereocenters. The van der Waals surface area contributed by atoms with Gasteiger partial charge in [-0.3, -0.25) is 4.99 Å². The van der Waals surface area contributed by atoms with E-state index in [4.69, 9.17) is 14.2 Å². The van der Waals surface area contributed by atoms with E-state index in [2.05, 4.69) is 39.5 Å². The average Bonchev–Trinajstić information content (AvgIpc) is 3.35. The van der Waals surface area contributed by atoms with Crippen LogP contribution < -0.4 is 10.1 Å². The Morgan fingerprint density at radius 2 is 1.87 bits per heavy atom. The number of aliphatic imine (C=N–C) groups is 1. The second-order valence-electron chi connectivity index (χ2n) is 7.73. The summed E-state index contributed by atoms with van der Waals surface area (Å²) in [6.07, 6.45) is 2.55. The van der Waals surface area contributed by atoms with Gasteiger partial charge in [0.2, 0.25) is 0 Å². The average molecular weight is 537 g/mol. The molecule has 0 saturated carbocycles. The van der Waals surface area contributed by atoms with E-state index >= 15 is 0 Å². The summed E-state index contributed by atoms with van der Waals surface area (Å²) in [6, 6.07) is 18.4. The predicted molar refractivity (Wildman–Crippen MR) is 133 cm³/mol. The minimum atomic E-state index is 0. The van der Waals surface area contributed by atoms with Crippen molar-refractivity contribution in [2.75, 3.05) is 33.4 Å². The van der Waals surface area contributed by atoms with Crippen molar-refractivity contribution in [2.24, 2.45) is 4.99 Å². The minimum absolute atomic E-state index is 0. The summed E-state index contributed by atoms with van der Waals surface area (Å²) in [7, 11) is 1.84. The number of rotatable bonds is 6. The highest BCUT2D eigenvalue weighted by Gasteiger charge is 2.32. The summed E-state index contributed by atoms with van der Waals surface area (Å²) < 4.78 is 17.7. The van der Waals surface area contributed by atoms with Gasteiger partial charge in [-0.1, -0.05) is 42.5 Å². The number of ether oxygens (including phenoxy) is 3. The molecule has 0 bridgehead atoms. The fraction of sp³-hybridized carbons (Fsp3) is 0.458. The van der Waals surface area contributed by atoms with E-state index in [-0.39, 0.29) is 36.2 Å². The van der Waals surface area contributed by atoms with E-state index in [0.29, 0.717) is 19.8 Å². The largest absolute Gasteiger partial charge is 0.489 e. The Morgan fingerprint density at radius 3 is 2.65 bits per heavy atom. The lowest BCUT2D eigenvalue weighted by Crippen LogP contribution is -2.53. The molecule has 2 fully saturated rings. The highest BCUT2D eigenvalue weighted by atomic mass is 127. The first kappa shape index (κ1) is 23.8. The Labute approximate surface area is 202 Å². The number of benzene rings is 2. The van der Waals surface area contributed by atoms with Gasteiger partial charge < -0.3 is 24.4 Å². The molecule has 0 radical (unpaired) electrons. The summed E-state index contributed by atoms with van der Waals surface area (Å²) in [4.78, 5) is 6.77. The van der Waals surface area contributed by atoms with E-state index in [0.717, 1.165) is 49.8 Å². The van der Waals surface area contributed by atoms with Gasteiger partial charge in [0.25, 0.3) is 0 Å². The lowest BCUT2D eigenvalue weighted by Gasteiger charge is -2.37. The topological polar surface area (TPSA) is 55.3 Å². The quantitative estimate of drug-likeness (QED) is 0.345. The van der Waals surface area contributed by atoms with Crippen molar-refractivity contribution in [3.63, 3.8) is 0 Å². The highest BCUT2D eigenvalue weighted by Crippen LogP contribution is 2.21. The van der Waals surface area contributed by atoms with Crippen LogP contribution >= 0.6 is 24.0 Å². The Balaban J connectivity index is 0.00000272. The number of hydrogen-bond donors (Lipinski definition) is 1. The lowest BCUT2D eigenvalue weighted by molar-refractivity contribution is -0.0817. The molecule has 2 heterocycles. The third-order valence-electron chi connectivity index (χ3n) is 5.58. The van der Waals surface area contributed by atoms with Crippen molar-refractivity contribution in [1.29, 1.82) is 0 Å². The van der Waals surface area contributed by atoms with Crippen LogP contribution in [0.15, 0.2) is 59.6 Å². The first-order valence-electron chi connectivity index (χ1n) is 10.8. The van der Waals surface area contributed by atoms with E-state index in [1.807, 2.05) is 37.4 Å². The van der Waals surface area contributed by atoms with Gasteiger partial charge in [0.05, 0.1) is 12.7 Å².